The highest BCUT2D eigenvalue weighted by atomic mass is 32.2. The molecule has 1 unspecified atom stereocenters. The number of carbonyl (C=O) groups excluding carboxylic acids is 2. The molecule has 0 spiro atoms. The molecule has 2 aromatic rings. The van der Waals surface area contributed by atoms with E-state index in [-0.39, 0.29) is 17.2 Å². The van der Waals surface area contributed by atoms with Crippen LogP contribution in [0.4, 0.5) is 5.69 Å². The molecule has 1 fully saturated rings. The Morgan fingerprint density at radius 1 is 1.30 bits per heavy atom. The number of nitrogens with one attached hydrogen (secondary N) is 1. The average molecular weight is 346 g/mol. The summed E-state index contributed by atoms with van der Waals surface area (Å²) in [7, 11) is 0. The van der Waals surface area contributed by atoms with Crippen LogP contribution < -0.4 is 5.32 Å². The molecule has 0 bridgehead atoms. The molecule has 1 aromatic heterocycles. The van der Waals surface area contributed by atoms with Crippen molar-refractivity contribution in [2.45, 2.75) is 18.7 Å². The average Bonchev–Trinajstić information content (AvgIpc) is 3.15. The third kappa shape index (κ3) is 3.95. The van der Waals surface area contributed by atoms with E-state index in [4.69, 9.17) is 0 Å². The second kappa shape index (κ2) is 7.19. The van der Waals surface area contributed by atoms with Gasteiger partial charge in [0, 0.05) is 24.0 Å². The summed E-state index contributed by atoms with van der Waals surface area (Å²) >= 11 is 3.39. The van der Waals surface area contributed by atoms with Crippen LogP contribution in [0.2, 0.25) is 0 Å². The summed E-state index contributed by atoms with van der Waals surface area (Å²) in [5.74, 6) is 0.644. The molecule has 1 aliphatic heterocycles. The lowest BCUT2D eigenvalue weighted by Crippen LogP contribution is -2.30. The number of hydrogen-bond acceptors (Lipinski definition) is 4. The molecule has 1 aromatic carbocycles. The number of benzene rings is 1. The van der Waals surface area contributed by atoms with Crippen molar-refractivity contribution in [1.29, 1.82) is 0 Å². The van der Waals surface area contributed by atoms with Gasteiger partial charge >= 0.3 is 0 Å². The lowest BCUT2D eigenvalue weighted by atomic mass is 10.1. The normalized spacial score (nSPS) is 17.5. The predicted octanol–water partition coefficient (Wildman–Crippen LogP) is 3.52. The molecule has 4 nitrogen and oxygen atoms in total. The quantitative estimate of drug-likeness (QED) is 0.901. The van der Waals surface area contributed by atoms with Gasteiger partial charge in [-0.25, -0.2) is 0 Å². The van der Waals surface area contributed by atoms with Crippen molar-refractivity contribution in [2.75, 3.05) is 17.6 Å². The van der Waals surface area contributed by atoms with E-state index >= 15 is 0 Å². The maximum Gasteiger partial charge on any atom is 0.233 e. The molecule has 3 rings (SSSR count). The van der Waals surface area contributed by atoms with Crippen LogP contribution in [0.1, 0.15) is 22.7 Å². The molecule has 1 atom stereocenters. The summed E-state index contributed by atoms with van der Waals surface area (Å²) in [4.78, 5) is 26.5. The third-order valence-electron chi connectivity index (χ3n) is 3.66. The zero-order chi connectivity index (χ0) is 16.2. The van der Waals surface area contributed by atoms with Gasteiger partial charge in [0.15, 0.2) is 0 Å². The molecule has 1 N–H and O–H groups in total. The van der Waals surface area contributed by atoms with E-state index < -0.39 is 0 Å². The van der Waals surface area contributed by atoms with Gasteiger partial charge in [0.25, 0.3) is 0 Å². The van der Waals surface area contributed by atoms with Crippen LogP contribution in [0, 0.1) is 0 Å². The summed E-state index contributed by atoms with van der Waals surface area (Å²) in [6.45, 7) is 2.23. The highest BCUT2D eigenvalue weighted by Gasteiger charge is 2.32. The number of carbonyl (C=O) groups is 2. The lowest BCUT2D eigenvalue weighted by Gasteiger charge is -2.24. The highest BCUT2D eigenvalue weighted by molar-refractivity contribution is 8.00. The Morgan fingerprint density at radius 3 is 2.74 bits per heavy atom. The van der Waals surface area contributed by atoms with E-state index in [0.29, 0.717) is 5.75 Å². The first-order valence-electron chi connectivity index (χ1n) is 7.44. The van der Waals surface area contributed by atoms with Gasteiger partial charge in [0.05, 0.1) is 5.75 Å². The van der Waals surface area contributed by atoms with Crippen LogP contribution in [0.25, 0.3) is 0 Å². The number of amides is 2. The zero-order valence-electron chi connectivity index (χ0n) is 12.8. The summed E-state index contributed by atoms with van der Waals surface area (Å²) < 4.78 is 0. The summed E-state index contributed by atoms with van der Waals surface area (Å²) in [5, 5.41) is 4.89. The van der Waals surface area contributed by atoms with E-state index in [1.165, 1.54) is 11.8 Å². The van der Waals surface area contributed by atoms with Gasteiger partial charge in [0.1, 0.15) is 5.37 Å². The molecule has 0 radical (unpaired) electrons. The van der Waals surface area contributed by atoms with Crippen molar-refractivity contribution < 1.29 is 9.59 Å². The van der Waals surface area contributed by atoms with Crippen molar-refractivity contribution in [3.63, 3.8) is 0 Å². The van der Waals surface area contributed by atoms with Gasteiger partial charge in [-0.2, -0.15) is 0 Å². The first-order chi connectivity index (χ1) is 11.1. The molecule has 6 heteroatoms. The molecule has 2 amide bonds. The van der Waals surface area contributed by atoms with E-state index in [0.717, 1.165) is 24.2 Å². The number of anilines is 1. The smallest absolute Gasteiger partial charge is 0.233 e. The summed E-state index contributed by atoms with van der Waals surface area (Å²) in [6.07, 6.45) is 0.893. The zero-order valence-corrected chi connectivity index (χ0v) is 14.5. The first kappa shape index (κ1) is 16.1. The molecular formula is C17H18N2O2S2. The third-order valence-corrected chi connectivity index (χ3v) is 5.86. The van der Waals surface area contributed by atoms with E-state index in [1.54, 1.807) is 23.1 Å². The van der Waals surface area contributed by atoms with Gasteiger partial charge in [-0.3, -0.25) is 9.59 Å². The van der Waals surface area contributed by atoms with Crippen LogP contribution in [0.15, 0.2) is 41.8 Å². The number of rotatable bonds is 5. The van der Waals surface area contributed by atoms with Crippen LogP contribution in [0.5, 0.6) is 0 Å². The Balaban J connectivity index is 1.69. The minimum absolute atomic E-state index is 0.0637. The molecule has 2 heterocycles. The Hall–Kier alpha value is -1.79. The van der Waals surface area contributed by atoms with Crippen LogP contribution >= 0.6 is 23.1 Å². The standard InChI is InChI=1S/C17H18N2O2S2/c1-12(20)18-14-6-4-13(5-7-14)17-19(16(21)11-23-17)9-8-15-3-2-10-22-15/h2-7,10,17H,8-9,11H2,1H3,(H,18,20). The molecule has 1 saturated heterocycles. The number of thiophene rings is 1. The van der Waals surface area contributed by atoms with Gasteiger partial charge < -0.3 is 10.2 Å². The van der Waals surface area contributed by atoms with Gasteiger partial charge in [-0.1, -0.05) is 18.2 Å². The fourth-order valence-corrected chi connectivity index (χ4v) is 4.51. The molecule has 23 heavy (non-hydrogen) atoms. The fourth-order valence-electron chi connectivity index (χ4n) is 2.59. The Labute approximate surface area is 143 Å². The fraction of sp³-hybridized carbons (Fsp3) is 0.294. The van der Waals surface area contributed by atoms with Crippen molar-refractivity contribution in [3.8, 4) is 0 Å². The Kier molecular flexibility index (Phi) is 5.03. The topological polar surface area (TPSA) is 49.4 Å². The number of nitrogens with zero attached hydrogens (tertiary/aromatic N) is 1. The first-order valence-corrected chi connectivity index (χ1v) is 9.37. The molecule has 0 saturated carbocycles. The van der Waals surface area contributed by atoms with Crippen molar-refractivity contribution in [3.05, 3.63) is 52.2 Å². The van der Waals surface area contributed by atoms with Crippen LogP contribution in [-0.2, 0) is 16.0 Å². The van der Waals surface area contributed by atoms with Gasteiger partial charge in [0.2, 0.25) is 11.8 Å². The number of thioether (sulfide) groups is 1. The van der Waals surface area contributed by atoms with Crippen molar-refractivity contribution in [2.24, 2.45) is 0 Å². The van der Waals surface area contributed by atoms with Crippen LogP contribution in [-0.4, -0.2) is 29.0 Å². The van der Waals surface area contributed by atoms with Crippen molar-refractivity contribution in [1.82, 2.24) is 4.90 Å². The van der Waals surface area contributed by atoms with Gasteiger partial charge in [-0.15, -0.1) is 23.1 Å². The Morgan fingerprint density at radius 2 is 2.09 bits per heavy atom. The molecule has 120 valence electrons. The lowest BCUT2D eigenvalue weighted by molar-refractivity contribution is -0.128. The second-order valence-electron chi connectivity index (χ2n) is 5.38. The maximum atomic E-state index is 12.2. The minimum atomic E-state index is -0.0826. The van der Waals surface area contributed by atoms with Gasteiger partial charge in [-0.05, 0) is 35.6 Å². The SMILES string of the molecule is CC(=O)Nc1ccc(C2SCC(=O)N2CCc2cccs2)cc1. The largest absolute Gasteiger partial charge is 0.326 e. The summed E-state index contributed by atoms with van der Waals surface area (Å²) in [5.41, 5.74) is 1.88. The summed E-state index contributed by atoms with van der Waals surface area (Å²) in [6, 6.07) is 11.9. The number of hydrogen-bond donors (Lipinski definition) is 1. The van der Waals surface area contributed by atoms with Crippen LogP contribution in [0.3, 0.4) is 0 Å². The van der Waals surface area contributed by atoms with E-state index in [2.05, 4.69) is 16.8 Å². The maximum absolute atomic E-state index is 12.2. The highest BCUT2D eigenvalue weighted by Crippen LogP contribution is 2.39. The van der Waals surface area contributed by atoms with Crippen molar-refractivity contribution >= 4 is 40.6 Å². The molecule has 0 aliphatic carbocycles. The monoisotopic (exact) mass is 346 g/mol. The minimum Gasteiger partial charge on any atom is -0.326 e. The van der Waals surface area contributed by atoms with E-state index in [9.17, 15) is 9.59 Å². The Bertz CT molecular complexity index is 683. The predicted molar refractivity (Wildman–Crippen MR) is 95.7 cm³/mol. The second-order valence-corrected chi connectivity index (χ2v) is 7.48. The molecule has 1 aliphatic rings. The van der Waals surface area contributed by atoms with E-state index in [1.807, 2.05) is 35.2 Å². The molecular weight excluding hydrogens is 328 g/mol.